The van der Waals surface area contributed by atoms with Gasteiger partial charge in [-0.15, -0.1) is 0 Å². The van der Waals surface area contributed by atoms with E-state index in [1.807, 2.05) is 11.0 Å². The zero-order valence-electron chi connectivity index (χ0n) is 15.9. The second-order valence-electron chi connectivity index (χ2n) is 7.86. The fraction of sp³-hybridized carbons (Fsp3) is 0.667. The van der Waals surface area contributed by atoms with Crippen LogP contribution >= 0.6 is 11.6 Å². The smallest absolute Gasteiger partial charge is 0.255 e. The van der Waals surface area contributed by atoms with E-state index in [1.54, 1.807) is 12.1 Å². The van der Waals surface area contributed by atoms with Crippen molar-refractivity contribution in [2.24, 2.45) is 0 Å². The standard InChI is InChI=1S/C21H29ClN2O3/c22-20-15-17(27-18-13-16(14-18)23-7-2-1-3-8-23)5-6-19(20)21(25)24-9-4-11-26-12-10-24/h5-6,15-16,18H,1-4,7-14H2/t16-,18-. The molecule has 1 aliphatic carbocycles. The zero-order chi connectivity index (χ0) is 18.6. The van der Waals surface area contributed by atoms with Crippen molar-refractivity contribution in [2.45, 2.75) is 50.7 Å². The van der Waals surface area contributed by atoms with E-state index >= 15 is 0 Å². The molecule has 0 unspecified atom stereocenters. The zero-order valence-corrected chi connectivity index (χ0v) is 16.6. The third kappa shape index (κ3) is 4.58. The quantitative estimate of drug-likeness (QED) is 0.785. The molecule has 2 saturated heterocycles. The molecule has 1 saturated carbocycles. The van der Waals surface area contributed by atoms with Gasteiger partial charge in [0.1, 0.15) is 11.9 Å². The van der Waals surface area contributed by atoms with Crippen molar-refractivity contribution in [2.75, 3.05) is 39.4 Å². The van der Waals surface area contributed by atoms with Crippen LogP contribution in [0.1, 0.15) is 48.9 Å². The van der Waals surface area contributed by atoms with Crippen LogP contribution in [0.2, 0.25) is 5.02 Å². The minimum atomic E-state index is -0.0224. The van der Waals surface area contributed by atoms with Gasteiger partial charge in [0, 0.05) is 38.6 Å². The molecule has 2 aliphatic heterocycles. The second kappa shape index (κ2) is 8.80. The van der Waals surface area contributed by atoms with Crippen molar-refractivity contribution in [1.82, 2.24) is 9.80 Å². The highest BCUT2D eigenvalue weighted by Gasteiger charge is 2.35. The number of carbonyl (C=O) groups is 1. The maximum Gasteiger partial charge on any atom is 0.255 e. The average molecular weight is 393 g/mol. The van der Waals surface area contributed by atoms with Crippen LogP contribution in [0.5, 0.6) is 5.75 Å². The molecule has 3 aliphatic rings. The molecule has 0 atom stereocenters. The number of halogens is 1. The minimum Gasteiger partial charge on any atom is -0.490 e. The molecule has 6 heteroatoms. The lowest BCUT2D eigenvalue weighted by molar-refractivity contribution is 0.00892. The van der Waals surface area contributed by atoms with Crippen LogP contribution in [0.15, 0.2) is 18.2 Å². The number of carbonyl (C=O) groups excluding carboxylic acids is 1. The van der Waals surface area contributed by atoms with Gasteiger partial charge in [-0.2, -0.15) is 0 Å². The predicted octanol–water partition coefficient (Wildman–Crippen LogP) is 3.60. The van der Waals surface area contributed by atoms with Gasteiger partial charge in [-0.1, -0.05) is 18.0 Å². The van der Waals surface area contributed by atoms with E-state index in [9.17, 15) is 4.79 Å². The molecule has 0 radical (unpaired) electrons. The van der Waals surface area contributed by atoms with Gasteiger partial charge < -0.3 is 19.3 Å². The summed E-state index contributed by atoms with van der Waals surface area (Å²) in [4.78, 5) is 17.2. The van der Waals surface area contributed by atoms with Crippen molar-refractivity contribution < 1.29 is 14.3 Å². The number of hydrogen-bond donors (Lipinski definition) is 0. The molecule has 1 amide bonds. The number of amides is 1. The number of likely N-dealkylation sites (tertiary alicyclic amines) is 1. The molecular formula is C21H29ClN2O3. The van der Waals surface area contributed by atoms with Gasteiger partial charge in [0.2, 0.25) is 0 Å². The molecule has 1 aromatic rings. The van der Waals surface area contributed by atoms with Gasteiger partial charge >= 0.3 is 0 Å². The normalized spacial score (nSPS) is 26.9. The van der Waals surface area contributed by atoms with Crippen LogP contribution in [-0.4, -0.2) is 67.2 Å². The van der Waals surface area contributed by atoms with Crippen molar-refractivity contribution in [1.29, 1.82) is 0 Å². The van der Waals surface area contributed by atoms with Crippen molar-refractivity contribution in [3.05, 3.63) is 28.8 Å². The van der Waals surface area contributed by atoms with Gasteiger partial charge in [-0.25, -0.2) is 0 Å². The molecule has 0 spiro atoms. The van der Waals surface area contributed by atoms with Crippen molar-refractivity contribution >= 4 is 17.5 Å². The highest BCUT2D eigenvalue weighted by molar-refractivity contribution is 6.34. The third-order valence-electron chi connectivity index (χ3n) is 5.96. The molecule has 5 nitrogen and oxygen atoms in total. The summed E-state index contributed by atoms with van der Waals surface area (Å²) in [6, 6.07) is 6.14. The van der Waals surface area contributed by atoms with Crippen LogP contribution in [0.25, 0.3) is 0 Å². The van der Waals surface area contributed by atoms with E-state index in [4.69, 9.17) is 21.1 Å². The Morgan fingerprint density at radius 2 is 1.85 bits per heavy atom. The first-order valence-electron chi connectivity index (χ1n) is 10.3. The van der Waals surface area contributed by atoms with Crippen molar-refractivity contribution in [3.8, 4) is 5.75 Å². The summed E-state index contributed by atoms with van der Waals surface area (Å²) in [5, 5.41) is 0.467. The first kappa shape index (κ1) is 19.0. The summed E-state index contributed by atoms with van der Waals surface area (Å²) in [5.41, 5.74) is 0.547. The summed E-state index contributed by atoms with van der Waals surface area (Å²) in [6.45, 7) is 5.11. The summed E-state index contributed by atoms with van der Waals surface area (Å²) in [5.74, 6) is 0.740. The number of rotatable bonds is 4. The van der Waals surface area contributed by atoms with Crippen molar-refractivity contribution in [3.63, 3.8) is 0 Å². The summed E-state index contributed by atoms with van der Waals surface area (Å²) >= 11 is 6.41. The molecule has 0 aromatic heterocycles. The Kier molecular flexibility index (Phi) is 6.21. The molecule has 2 heterocycles. The van der Waals surface area contributed by atoms with Gasteiger partial charge in [0.25, 0.3) is 5.91 Å². The lowest BCUT2D eigenvalue weighted by Gasteiger charge is -2.44. The number of piperidine rings is 1. The maximum absolute atomic E-state index is 12.7. The Balaban J connectivity index is 1.31. The van der Waals surface area contributed by atoms with Crippen LogP contribution in [-0.2, 0) is 4.74 Å². The number of hydrogen-bond acceptors (Lipinski definition) is 4. The molecular weight excluding hydrogens is 364 g/mol. The van der Waals surface area contributed by atoms with Gasteiger partial charge in [0.05, 0.1) is 17.2 Å². The van der Waals surface area contributed by atoms with Crippen LogP contribution < -0.4 is 4.74 Å². The summed E-state index contributed by atoms with van der Waals surface area (Å²) < 4.78 is 11.5. The second-order valence-corrected chi connectivity index (χ2v) is 8.27. The summed E-state index contributed by atoms with van der Waals surface area (Å²) in [6.07, 6.45) is 7.34. The first-order valence-corrected chi connectivity index (χ1v) is 10.7. The fourth-order valence-electron chi connectivity index (χ4n) is 4.27. The molecule has 148 valence electrons. The minimum absolute atomic E-state index is 0.0224. The summed E-state index contributed by atoms with van der Waals surface area (Å²) in [7, 11) is 0. The molecule has 4 rings (SSSR count). The van der Waals surface area contributed by atoms with E-state index in [0.717, 1.165) is 25.0 Å². The largest absolute Gasteiger partial charge is 0.490 e. The van der Waals surface area contributed by atoms with E-state index in [1.165, 1.54) is 32.4 Å². The first-order chi connectivity index (χ1) is 13.2. The topological polar surface area (TPSA) is 42.0 Å². The highest BCUT2D eigenvalue weighted by atomic mass is 35.5. The van der Waals surface area contributed by atoms with E-state index < -0.39 is 0 Å². The monoisotopic (exact) mass is 392 g/mol. The van der Waals surface area contributed by atoms with Gasteiger partial charge in [-0.05, 0) is 50.6 Å². The van der Waals surface area contributed by atoms with Gasteiger partial charge in [0.15, 0.2) is 0 Å². The number of nitrogens with zero attached hydrogens (tertiary/aromatic N) is 2. The van der Waals surface area contributed by atoms with Gasteiger partial charge in [-0.3, -0.25) is 4.79 Å². The molecule has 0 N–H and O–H groups in total. The molecule has 1 aromatic carbocycles. The third-order valence-corrected chi connectivity index (χ3v) is 6.27. The van der Waals surface area contributed by atoms with E-state index in [2.05, 4.69) is 4.90 Å². The van der Waals surface area contributed by atoms with Crippen LogP contribution in [0.4, 0.5) is 0 Å². The van der Waals surface area contributed by atoms with E-state index in [-0.39, 0.29) is 12.0 Å². The average Bonchev–Trinajstić information content (AvgIpc) is 2.94. The Hall–Kier alpha value is -1.30. The maximum atomic E-state index is 12.7. The fourth-order valence-corrected chi connectivity index (χ4v) is 4.52. The molecule has 0 bridgehead atoms. The number of ether oxygens (including phenoxy) is 2. The van der Waals surface area contributed by atoms with Crippen LogP contribution in [0, 0.1) is 0 Å². The van der Waals surface area contributed by atoms with Crippen LogP contribution in [0.3, 0.4) is 0 Å². The lowest BCUT2D eigenvalue weighted by atomic mass is 9.86. The Labute approximate surface area is 166 Å². The lowest BCUT2D eigenvalue weighted by Crippen LogP contribution is -2.50. The number of benzene rings is 1. The predicted molar refractivity (Wildman–Crippen MR) is 106 cm³/mol. The van der Waals surface area contributed by atoms with E-state index in [0.29, 0.717) is 42.9 Å². The molecule has 3 fully saturated rings. The Morgan fingerprint density at radius 1 is 1.04 bits per heavy atom. The molecule has 27 heavy (non-hydrogen) atoms. The Bertz CT molecular complexity index is 649. The SMILES string of the molecule is O=C(c1ccc(O[C@H]2C[C@H](N3CCCCC3)C2)cc1Cl)N1CCCOCC1. The highest BCUT2D eigenvalue weighted by Crippen LogP contribution is 2.33. The Morgan fingerprint density at radius 3 is 2.63 bits per heavy atom.